The summed E-state index contributed by atoms with van der Waals surface area (Å²) in [5.41, 5.74) is 0.755. The van der Waals surface area contributed by atoms with E-state index >= 15 is 0 Å². The first-order valence-electron chi connectivity index (χ1n) is 6.79. The van der Waals surface area contributed by atoms with Gasteiger partial charge in [-0.1, -0.05) is 32.0 Å². The molecule has 4 heteroatoms. The number of ether oxygens (including phenoxy) is 2. The third-order valence-corrected chi connectivity index (χ3v) is 2.90. The van der Waals surface area contributed by atoms with Crippen molar-refractivity contribution < 1.29 is 14.3 Å². The van der Waals surface area contributed by atoms with Gasteiger partial charge in [-0.25, -0.2) is 4.79 Å². The van der Waals surface area contributed by atoms with Crippen molar-refractivity contribution in [1.82, 2.24) is 4.98 Å². The van der Waals surface area contributed by atoms with Gasteiger partial charge in [0, 0.05) is 11.6 Å². The fourth-order valence-electron chi connectivity index (χ4n) is 1.78. The average Bonchev–Trinajstić information content (AvgIpc) is 2.44. The molecule has 2 aromatic rings. The van der Waals surface area contributed by atoms with Crippen LogP contribution in [0.15, 0.2) is 36.5 Å². The summed E-state index contributed by atoms with van der Waals surface area (Å²) in [5.74, 6) is 0.772. The highest BCUT2D eigenvalue weighted by Gasteiger charge is 2.07. The number of pyridine rings is 1. The standard InChI is InChI=1S/C16H19NO3/c1-12(2)8-10-19-15(18)11-20-14-7-3-5-13-6-4-9-17-16(13)14/h3-7,9,12H,8,10-11H2,1-2H3. The fourth-order valence-corrected chi connectivity index (χ4v) is 1.78. The van der Waals surface area contributed by atoms with E-state index in [-0.39, 0.29) is 12.6 Å². The van der Waals surface area contributed by atoms with E-state index in [9.17, 15) is 4.79 Å². The lowest BCUT2D eigenvalue weighted by Gasteiger charge is -2.09. The van der Waals surface area contributed by atoms with E-state index in [0.29, 0.717) is 18.3 Å². The van der Waals surface area contributed by atoms with Gasteiger partial charge >= 0.3 is 5.97 Å². The Hall–Kier alpha value is -2.10. The smallest absolute Gasteiger partial charge is 0.344 e. The number of hydrogen-bond donors (Lipinski definition) is 0. The summed E-state index contributed by atoms with van der Waals surface area (Å²) in [6.07, 6.45) is 2.57. The number of hydrogen-bond acceptors (Lipinski definition) is 4. The van der Waals surface area contributed by atoms with Crippen molar-refractivity contribution in [2.75, 3.05) is 13.2 Å². The summed E-state index contributed by atoms with van der Waals surface area (Å²) >= 11 is 0. The van der Waals surface area contributed by atoms with Crippen molar-refractivity contribution in [3.05, 3.63) is 36.5 Å². The highest BCUT2D eigenvalue weighted by Crippen LogP contribution is 2.22. The number of benzene rings is 1. The number of carbonyl (C=O) groups is 1. The van der Waals surface area contributed by atoms with Crippen molar-refractivity contribution in [1.29, 1.82) is 0 Å². The third-order valence-electron chi connectivity index (χ3n) is 2.90. The summed E-state index contributed by atoms with van der Waals surface area (Å²) in [6.45, 7) is 4.53. The molecular weight excluding hydrogens is 254 g/mol. The average molecular weight is 273 g/mol. The van der Waals surface area contributed by atoms with Crippen LogP contribution in [0.5, 0.6) is 5.75 Å². The Morgan fingerprint density at radius 3 is 2.85 bits per heavy atom. The van der Waals surface area contributed by atoms with Crippen LogP contribution >= 0.6 is 0 Å². The molecule has 106 valence electrons. The van der Waals surface area contributed by atoms with E-state index in [0.717, 1.165) is 17.3 Å². The summed E-state index contributed by atoms with van der Waals surface area (Å²) in [7, 11) is 0. The van der Waals surface area contributed by atoms with Gasteiger partial charge in [0.1, 0.15) is 11.3 Å². The SMILES string of the molecule is CC(C)CCOC(=O)COc1cccc2cccnc12. The first-order valence-corrected chi connectivity index (χ1v) is 6.79. The van der Waals surface area contributed by atoms with E-state index in [2.05, 4.69) is 18.8 Å². The maximum atomic E-state index is 11.6. The lowest BCUT2D eigenvalue weighted by molar-refractivity contribution is -0.146. The summed E-state index contributed by atoms with van der Waals surface area (Å²) in [4.78, 5) is 15.8. The molecule has 20 heavy (non-hydrogen) atoms. The van der Waals surface area contributed by atoms with E-state index in [1.165, 1.54) is 0 Å². The molecule has 4 nitrogen and oxygen atoms in total. The molecule has 1 heterocycles. The van der Waals surface area contributed by atoms with Gasteiger partial charge in [0.15, 0.2) is 6.61 Å². The highest BCUT2D eigenvalue weighted by atomic mass is 16.6. The Morgan fingerprint density at radius 2 is 2.05 bits per heavy atom. The van der Waals surface area contributed by atoms with Gasteiger partial charge in [-0.05, 0) is 24.5 Å². The van der Waals surface area contributed by atoms with Gasteiger partial charge in [-0.3, -0.25) is 4.98 Å². The van der Waals surface area contributed by atoms with E-state index < -0.39 is 0 Å². The fraction of sp³-hybridized carbons (Fsp3) is 0.375. The molecule has 0 saturated heterocycles. The van der Waals surface area contributed by atoms with E-state index in [1.54, 1.807) is 12.3 Å². The van der Waals surface area contributed by atoms with Crippen LogP contribution in [0.1, 0.15) is 20.3 Å². The second-order valence-electron chi connectivity index (χ2n) is 5.02. The van der Waals surface area contributed by atoms with Crippen LogP contribution < -0.4 is 4.74 Å². The zero-order valence-corrected chi connectivity index (χ0v) is 11.8. The number of esters is 1. The normalized spacial score (nSPS) is 10.8. The number of carbonyl (C=O) groups excluding carboxylic acids is 1. The van der Waals surface area contributed by atoms with Crippen LogP contribution in [-0.4, -0.2) is 24.2 Å². The molecule has 0 bridgehead atoms. The Morgan fingerprint density at radius 1 is 1.25 bits per heavy atom. The molecule has 0 aliphatic carbocycles. The topological polar surface area (TPSA) is 48.4 Å². The lowest BCUT2D eigenvalue weighted by atomic mass is 10.1. The Bertz CT molecular complexity index is 575. The predicted molar refractivity (Wildman–Crippen MR) is 77.7 cm³/mol. The number of nitrogens with zero attached hydrogens (tertiary/aromatic N) is 1. The lowest BCUT2D eigenvalue weighted by Crippen LogP contribution is -2.16. The van der Waals surface area contributed by atoms with Crippen LogP contribution in [-0.2, 0) is 9.53 Å². The summed E-state index contributed by atoms with van der Waals surface area (Å²) in [6, 6.07) is 9.46. The first-order chi connectivity index (χ1) is 9.66. The summed E-state index contributed by atoms with van der Waals surface area (Å²) < 4.78 is 10.6. The quantitative estimate of drug-likeness (QED) is 0.758. The largest absolute Gasteiger partial charge is 0.480 e. The van der Waals surface area contributed by atoms with Crippen LogP contribution in [0.2, 0.25) is 0 Å². The zero-order chi connectivity index (χ0) is 14.4. The number of fused-ring (bicyclic) bond motifs is 1. The molecule has 2 rings (SSSR count). The molecule has 1 aromatic carbocycles. The van der Waals surface area contributed by atoms with Gasteiger partial charge in [-0.15, -0.1) is 0 Å². The third kappa shape index (κ3) is 3.95. The molecule has 0 spiro atoms. The molecule has 0 N–H and O–H groups in total. The highest BCUT2D eigenvalue weighted by molar-refractivity contribution is 5.84. The van der Waals surface area contributed by atoms with Crippen LogP contribution in [0.3, 0.4) is 0 Å². The van der Waals surface area contributed by atoms with Crippen LogP contribution in [0.4, 0.5) is 0 Å². The monoisotopic (exact) mass is 273 g/mol. The molecule has 0 unspecified atom stereocenters. The van der Waals surface area contributed by atoms with Gasteiger partial charge in [0.2, 0.25) is 0 Å². The van der Waals surface area contributed by atoms with Crippen molar-refractivity contribution in [2.45, 2.75) is 20.3 Å². The van der Waals surface area contributed by atoms with Gasteiger partial charge in [0.25, 0.3) is 0 Å². The predicted octanol–water partition coefficient (Wildman–Crippen LogP) is 3.20. The maximum absolute atomic E-state index is 11.6. The van der Waals surface area contributed by atoms with E-state index in [1.807, 2.05) is 24.3 Å². The Kier molecular flexibility index (Phi) is 4.93. The second kappa shape index (κ2) is 6.89. The van der Waals surface area contributed by atoms with Crippen molar-refractivity contribution in [3.8, 4) is 5.75 Å². The summed E-state index contributed by atoms with van der Waals surface area (Å²) in [5, 5.41) is 0.984. The number of para-hydroxylation sites is 1. The molecule has 0 atom stereocenters. The second-order valence-corrected chi connectivity index (χ2v) is 5.02. The Labute approximate surface area is 118 Å². The number of rotatable bonds is 6. The minimum atomic E-state index is -0.349. The minimum absolute atomic E-state index is 0.0895. The van der Waals surface area contributed by atoms with Crippen molar-refractivity contribution in [3.63, 3.8) is 0 Å². The molecule has 0 aliphatic rings. The van der Waals surface area contributed by atoms with E-state index in [4.69, 9.17) is 9.47 Å². The molecule has 0 aliphatic heterocycles. The Balaban J connectivity index is 1.91. The number of aromatic nitrogens is 1. The molecule has 0 radical (unpaired) electrons. The molecule has 0 fully saturated rings. The zero-order valence-electron chi connectivity index (χ0n) is 11.8. The van der Waals surface area contributed by atoms with Gasteiger partial charge in [-0.2, -0.15) is 0 Å². The van der Waals surface area contributed by atoms with Gasteiger partial charge < -0.3 is 9.47 Å². The minimum Gasteiger partial charge on any atom is -0.480 e. The molecular formula is C16H19NO3. The molecule has 1 aromatic heterocycles. The molecule has 0 saturated carbocycles. The maximum Gasteiger partial charge on any atom is 0.344 e. The molecule has 0 amide bonds. The van der Waals surface area contributed by atoms with Crippen molar-refractivity contribution >= 4 is 16.9 Å². The van der Waals surface area contributed by atoms with Gasteiger partial charge in [0.05, 0.1) is 6.61 Å². The first kappa shape index (κ1) is 14.3. The van der Waals surface area contributed by atoms with Crippen LogP contribution in [0, 0.1) is 5.92 Å². The van der Waals surface area contributed by atoms with Crippen molar-refractivity contribution in [2.24, 2.45) is 5.92 Å². The van der Waals surface area contributed by atoms with Crippen LogP contribution in [0.25, 0.3) is 10.9 Å².